The fourth-order valence-electron chi connectivity index (χ4n) is 6.57. The molecule has 0 fully saturated rings. The van der Waals surface area contributed by atoms with E-state index in [9.17, 15) is 10.0 Å². The summed E-state index contributed by atoms with van der Waals surface area (Å²) in [5, 5.41) is 23.0. The van der Waals surface area contributed by atoms with Crippen LogP contribution in [0.1, 0.15) is 22.3 Å². The van der Waals surface area contributed by atoms with Gasteiger partial charge >= 0.3 is 7.12 Å². The molecule has 1 unspecified atom stereocenters. The Morgan fingerprint density at radius 1 is 0.611 bits per heavy atom. The van der Waals surface area contributed by atoms with Gasteiger partial charge in [-0.05, 0) is 29.3 Å². The van der Waals surface area contributed by atoms with Crippen molar-refractivity contribution in [1.82, 2.24) is 4.57 Å². The summed E-state index contributed by atoms with van der Waals surface area (Å²) in [4.78, 5) is 0. The van der Waals surface area contributed by atoms with Gasteiger partial charge in [-0.3, -0.25) is 0 Å². The number of para-hydroxylation sites is 5. The van der Waals surface area contributed by atoms with E-state index < -0.39 is 12.5 Å². The van der Waals surface area contributed by atoms with Crippen LogP contribution in [0.15, 0.2) is 109 Å². The van der Waals surface area contributed by atoms with Gasteiger partial charge in [0.1, 0.15) is 11.5 Å². The van der Waals surface area contributed by atoms with Crippen molar-refractivity contribution >= 4 is 34.4 Å². The van der Waals surface area contributed by atoms with Crippen molar-refractivity contribution in [3.63, 3.8) is 0 Å². The van der Waals surface area contributed by atoms with Gasteiger partial charge < -0.3 is 19.4 Å². The Hall–Kier alpha value is -4.32. The van der Waals surface area contributed by atoms with Crippen molar-refractivity contribution in [2.24, 2.45) is 0 Å². The first-order valence-electron chi connectivity index (χ1n) is 12.1. The predicted molar refractivity (Wildman–Crippen MR) is 143 cm³/mol. The maximum Gasteiger partial charge on any atom is 0.492 e. The molecule has 2 aliphatic heterocycles. The standard InChI is InChI=1S/C31H20BNO3/c34-32(35)25-15-8-14-24-30(25)36-28-18-6-3-12-22(28)31(24)21-11-2-5-17-27(21)33-26-16-4-1-9-19(26)20-10-7-13-23(31)29(20)33/h1-18,34-35H. The van der Waals surface area contributed by atoms with Crippen molar-refractivity contribution < 1.29 is 14.8 Å². The molecule has 0 saturated carbocycles. The lowest BCUT2D eigenvalue weighted by atomic mass is 9.60. The molecular formula is C31H20BNO3. The largest absolute Gasteiger partial charge is 0.492 e. The summed E-state index contributed by atoms with van der Waals surface area (Å²) in [6.07, 6.45) is 0. The average molecular weight is 465 g/mol. The van der Waals surface area contributed by atoms with Gasteiger partial charge in [0.15, 0.2) is 0 Å². The van der Waals surface area contributed by atoms with Crippen LogP contribution in [0.25, 0.3) is 27.5 Å². The van der Waals surface area contributed by atoms with E-state index in [2.05, 4.69) is 83.4 Å². The molecule has 1 spiro atoms. The first kappa shape index (κ1) is 19.9. The Labute approximate surface area is 207 Å². The van der Waals surface area contributed by atoms with Crippen LogP contribution >= 0.6 is 0 Å². The second-order valence-electron chi connectivity index (χ2n) is 9.52. The molecule has 8 rings (SSSR count). The molecule has 6 aromatic rings. The van der Waals surface area contributed by atoms with Crippen molar-refractivity contribution in [3.8, 4) is 17.2 Å². The summed E-state index contributed by atoms with van der Waals surface area (Å²) in [5.74, 6) is 1.22. The Bertz CT molecular complexity index is 1870. The first-order valence-corrected chi connectivity index (χ1v) is 12.1. The fourth-order valence-corrected chi connectivity index (χ4v) is 6.57. The molecular weight excluding hydrogens is 445 g/mol. The first-order chi connectivity index (χ1) is 17.7. The second-order valence-corrected chi connectivity index (χ2v) is 9.52. The Morgan fingerprint density at radius 3 is 2.17 bits per heavy atom. The highest BCUT2D eigenvalue weighted by Crippen LogP contribution is 2.59. The highest BCUT2D eigenvalue weighted by Gasteiger charge is 2.50. The van der Waals surface area contributed by atoms with E-state index in [1.54, 1.807) is 6.07 Å². The smallest absolute Gasteiger partial charge is 0.457 e. The fraction of sp³-hybridized carbons (Fsp3) is 0.0323. The molecule has 0 saturated heterocycles. The Balaban J connectivity index is 1.67. The maximum absolute atomic E-state index is 10.3. The molecule has 0 bridgehead atoms. The third kappa shape index (κ3) is 2.23. The number of benzene rings is 5. The molecule has 1 aromatic heterocycles. The van der Waals surface area contributed by atoms with Crippen LogP contribution in [0, 0.1) is 0 Å². The average Bonchev–Trinajstić information content (AvgIpc) is 3.26. The normalized spacial score (nSPS) is 16.9. The summed E-state index contributed by atoms with van der Waals surface area (Å²) in [6.45, 7) is 0. The third-order valence-electron chi connectivity index (χ3n) is 7.88. The molecule has 5 aromatic carbocycles. The van der Waals surface area contributed by atoms with E-state index in [4.69, 9.17) is 4.74 Å². The van der Waals surface area contributed by atoms with Gasteiger partial charge in [-0.25, -0.2) is 0 Å². The summed E-state index contributed by atoms with van der Waals surface area (Å²) >= 11 is 0. The molecule has 0 radical (unpaired) electrons. The molecule has 170 valence electrons. The minimum atomic E-state index is -1.65. The maximum atomic E-state index is 10.3. The third-order valence-corrected chi connectivity index (χ3v) is 7.88. The van der Waals surface area contributed by atoms with Crippen LogP contribution in [-0.2, 0) is 5.41 Å². The van der Waals surface area contributed by atoms with Gasteiger partial charge in [0, 0.05) is 27.4 Å². The van der Waals surface area contributed by atoms with Crippen molar-refractivity contribution in [2.45, 2.75) is 5.41 Å². The van der Waals surface area contributed by atoms with Gasteiger partial charge in [-0.1, -0.05) is 91.0 Å². The van der Waals surface area contributed by atoms with Crippen LogP contribution in [0.2, 0.25) is 0 Å². The highest BCUT2D eigenvalue weighted by atomic mass is 16.5. The molecule has 5 heteroatoms. The van der Waals surface area contributed by atoms with Crippen molar-refractivity contribution in [1.29, 1.82) is 0 Å². The van der Waals surface area contributed by atoms with Crippen molar-refractivity contribution in [3.05, 3.63) is 131 Å². The quantitative estimate of drug-likeness (QED) is 0.325. The van der Waals surface area contributed by atoms with Gasteiger partial charge in [0.25, 0.3) is 0 Å². The number of aromatic nitrogens is 1. The lowest BCUT2D eigenvalue weighted by Gasteiger charge is -2.45. The van der Waals surface area contributed by atoms with E-state index in [0.29, 0.717) is 11.2 Å². The van der Waals surface area contributed by atoms with Crippen LogP contribution in [0.5, 0.6) is 11.5 Å². The molecule has 4 nitrogen and oxygen atoms in total. The zero-order valence-electron chi connectivity index (χ0n) is 19.2. The van der Waals surface area contributed by atoms with Crippen LogP contribution in [0.3, 0.4) is 0 Å². The molecule has 0 aliphatic carbocycles. The number of nitrogens with zero attached hydrogens (tertiary/aromatic N) is 1. The van der Waals surface area contributed by atoms with Crippen LogP contribution in [-0.4, -0.2) is 21.7 Å². The zero-order chi connectivity index (χ0) is 24.0. The minimum Gasteiger partial charge on any atom is -0.457 e. The Morgan fingerprint density at radius 2 is 1.28 bits per heavy atom. The lowest BCUT2D eigenvalue weighted by Crippen LogP contribution is -2.41. The number of fused-ring (bicyclic) bond motifs is 11. The Kier molecular flexibility index (Phi) is 3.81. The van der Waals surface area contributed by atoms with E-state index in [1.165, 1.54) is 16.3 Å². The molecule has 36 heavy (non-hydrogen) atoms. The van der Waals surface area contributed by atoms with E-state index in [1.807, 2.05) is 24.3 Å². The molecule has 3 heterocycles. The highest BCUT2D eigenvalue weighted by molar-refractivity contribution is 6.59. The zero-order valence-corrected chi connectivity index (χ0v) is 19.2. The number of hydrogen-bond acceptors (Lipinski definition) is 3. The monoisotopic (exact) mass is 465 g/mol. The molecule has 2 aliphatic rings. The van der Waals surface area contributed by atoms with E-state index in [0.717, 1.165) is 39.2 Å². The van der Waals surface area contributed by atoms with Gasteiger partial charge in [-0.2, -0.15) is 0 Å². The molecule has 1 atom stereocenters. The number of rotatable bonds is 1. The van der Waals surface area contributed by atoms with Crippen molar-refractivity contribution in [2.75, 3.05) is 0 Å². The van der Waals surface area contributed by atoms with Gasteiger partial charge in [-0.15, -0.1) is 0 Å². The summed E-state index contributed by atoms with van der Waals surface area (Å²) in [7, 11) is -1.65. The van der Waals surface area contributed by atoms with E-state index in [-0.39, 0.29) is 0 Å². The minimum absolute atomic E-state index is 0.358. The second kappa shape index (κ2) is 6.88. The van der Waals surface area contributed by atoms with Crippen LogP contribution < -0.4 is 10.2 Å². The summed E-state index contributed by atoms with van der Waals surface area (Å²) < 4.78 is 8.81. The van der Waals surface area contributed by atoms with E-state index >= 15 is 0 Å². The molecule has 2 N–H and O–H groups in total. The summed E-state index contributed by atoms with van der Waals surface area (Å²) in [5.41, 5.74) is 7.33. The van der Waals surface area contributed by atoms with Crippen LogP contribution in [0.4, 0.5) is 0 Å². The summed E-state index contributed by atoms with van der Waals surface area (Å²) in [6, 6.07) is 37.4. The lowest BCUT2D eigenvalue weighted by molar-refractivity contribution is 0.412. The topological polar surface area (TPSA) is 54.6 Å². The molecule has 0 amide bonds. The predicted octanol–water partition coefficient (Wildman–Crippen LogP) is 5.27. The number of hydrogen-bond donors (Lipinski definition) is 2. The van der Waals surface area contributed by atoms with Gasteiger partial charge in [0.2, 0.25) is 0 Å². The number of ether oxygens (including phenoxy) is 1. The van der Waals surface area contributed by atoms with Gasteiger partial charge in [0.05, 0.1) is 22.1 Å². The SMILES string of the molecule is OB(O)c1cccc2c1Oc1ccccc1C21c2ccccc2-n2c3ccccc3c3cccc1c32.